The molecule has 2 aromatic rings. The van der Waals surface area contributed by atoms with Crippen molar-refractivity contribution in [1.29, 1.82) is 5.26 Å². The Balaban J connectivity index is 1.53. The first kappa shape index (κ1) is 17.4. The molecule has 1 aliphatic heterocycles. The van der Waals surface area contributed by atoms with Crippen LogP contribution in [0, 0.1) is 11.3 Å². The average molecular weight is 354 g/mol. The smallest absolute Gasteiger partial charge is 0.289 e. The largest absolute Gasteiger partial charge is 0.467 e. The molecule has 1 N–H and O–H groups in total. The lowest BCUT2D eigenvalue weighted by Crippen LogP contribution is -2.47. The van der Waals surface area contributed by atoms with Crippen LogP contribution < -0.4 is 5.32 Å². The first-order valence-electron chi connectivity index (χ1n) is 8.16. The highest BCUT2D eigenvalue weighted by Crippen LogP contribution is 2.10. The van der Waals surface area contributed by atoms with Crippen LogP contribution in [0.5, 0.6) is 0 Å². The predicted octanol–water partition coefficient (Wildman–Crippen LogP) is 1.35. The van der Waals surface area contributed by atoms with Gasteiger partial charge in [-0.15, -0.1) is 0 Å². The minimum absolute atomic E-state index is 0.0161. The van der Waals surface area contributed by atoms with Crippen LogP contribution in [-0.4, -0.2) is 47.8 Å². The third-order valence-electron chi connectivity index (χ3n) is 4.01. The van der Waals surface area contributed by atoms with Gasteiger partial charge in [0.05, 0.1) is 19.1 Å². The molecule has 0 bridgehead atoms. The first-order chi connectivity index (χ1) is 12.7. The SMILES string of the molecule is N#C/C(=C/N1CCN(C(=O)c2ccco2)CC1)C(=O)NCc1ccco1. The number of hydrogen-bond donors (Lipinski definition) is 1. The van der Waals surface area contributed by atoms with Gasteiger partial charge in [0.25, 0.3) is 11.8 Å². The summed E-state index contributed by atoms with van der Waals surface area (Å²) >= 11 is 0. The van der Waals surface area contributed by atoms with E-state index in [-0.39, 0.29) is 18.0 Å². The Labute approximate surface area is 150 Å². The molecule has 134 valence electrons. The maximum absolute atomic E-state index is 12.2. The number of nitrogens with zero attached hydrogens (tertiary/aromatic N) is 3. The van der Waals surface area contributed by atoms with E-state index in [9.17, 15) is 14.9 Å². The number of nitriles is 1. The third-order valence-corrected chi connectivity index (χ3v) is 4.01. The van der Waals surface area contributed by atoms with Crippen molar-refractivity contribution in [1.82, 2.24) is 15.1 Å². The summed E-state index contributed by atoms with van der Waals surface area (Å²) in [5.41, 5.74) is 0.0161. The maximum Gasteiger partial charge on any atom is 0.289 e. The topological polar surface area (TPSA) is 103 Å². The highest BCUT2D eigenvalue weighted by atomic mass is 16.3. The second kappa shape index (κ2) is 8.07. The number of carbonyl (C=O) groups is 2. The van der Waals surface area contributed by atoms with Gasteiger partial charge in [-0.05, 0) is 24.3 Å². The second-order valence-corrected chi connectivity index (χ2v) is 5.72. The molecule has 1 fully saturated rings. The Bertz CT molecular complexity index is 810. The zero-order valence-corrected chi connectivity index (χ0v) is 14.1. The Kier molecular flexibility index (Phi) is 5.39. The molecule has 0 aromatic carbocycles. The van der Waals surface area contributed by atoms with Crippen LogP contribution in [0.4, 0.5) is 0 Å². The number of furan rings is 2. The molecular formula is C18H18N4O4. The summed E-state index contributed by atoms with van der Waals surface area (Å²) in [6, 6.07) is 8.69. The molecule has 1 saturated heterocycles. The molecule has 26 heavy (non-hydrogen) atoms. The molecular weight excluding hydrogens is 336 g/mol. The molecule has 0 unspecified atom stereocenters. The van der Waals surface area contributed by atoms with Crippen LogP contribution in [-0.2, 0) is 11.3 Å². The van der Waals surface area contributed by atoms with Crippen molar-refractivity contribution in [2.75, 3.05) is 26.2 Å². The molecule has 0 aliphatic carbocycles. The van der Waals surface area contributed by atoms with Gasteiger partial charge in [-0.1, -0.05) is 0 Å². The van der Waals surface area contributed by atoms with E-state index in [1.54, 1.807) is 29.2 Å². The third kappa shape index (κ3) is 4.13. The number of piperazine rings is 1. The van der Waals surface area contributed by atoms with Crippen molar-refractivity contribution in [3.63, 3.8) is 0 Å². The van der Waals surface area contributed by atoms with Gasteiger partial charge in [0.2, 0.25) is 0 Å². The first-order valence-corrected chi connectivity index (χ1v) is 8.16. The molecule has 0 spiro atoms. The van der Waals surface area contributed by atoms with E-state index in [2.05, 4.69) is 5.32 Å². The fourth-order valence-corrected chi connectivity index (χ4v) is 2.61. The molecule has 0 atom stereocenters. The fourth-order valence-electron chi connectivity index (χ4n) is 2.61. The second-order valence-electron chi connectivity index (χ2n) is 5.72. The minimum Gasteiger partial charge on any atom is -0.467 e. The van der Waals surface area contributed by atoms with Gasteiger partial charge in [0, 0.05) is 32.4 Å². The highest BCUT2D eigenvalue weighted by molar-refractivity contribution is 5.97. The number of nitrogens with one attached hydrogen (secondary N) is 1. The maximum atomic E-state index is 12.2. The number of hydrogen-bond acceptors (Lipinski definition) is 6. The lowest BCUT2D eigenvalue weighted by atomic mass is 10.2. The van der Waals surface area contributed by atoms with Gasteiger partial charge < -0.3 is 24.0 Å². The van der Waals surface area contributed by atoms with E-state index < -0.39 is 5.91 Å². The monoisotopic (exact) mass is 354 g/mol. The van der Waals surface area contributed by atoms with Gasteiger partial charge >= 0.3 is 0 Å². The van der Waals surface area contributed by atoms with E-state index in [0.717, 1.165) is 0 Å². The Morgan fingerprint density at radius 1 is 1.15 bits per heavy atom. The van der Waals surface area contributed by atoms with Crippen LogP contribution in [0.3, 0.4) is 0 Å². The Hall–Kier alpha value is -3.47. The zero-order valence-electron chi connectivity index (χ0n) is 14.1. The lowest BCUT2D eigenvalue weighted by Gasteiger charge is -2.33. The standard InChI is InChI=1S/C18H18N4O4/c19-11-14(17(23)20-12-15-3-1-9-25-15)13-21-5-7-22(8-6-21)18(24)16-4-2-10-26-16/h1-4,9-10,13H,5-8,12H2,(H,20,23)/b14-13-. The van der Waals surface area contributed by atoms with Gasteiger partial charge in [0.1, 0.15) is 17.4 Å². The molecule has 2 amide bonds. The van der Waals surface area contributed by atoms with Gasteiger partial charge in [-0.3, -0.25) is 9.59 Å². The summed E-state index contributed by atoms with van der Waals surface area (Å²) in [4.78, 5) is 27.9. The number of amides is 2. The van der Waals surface area contributed by atoms with Crippen LogP contribution in [0.2, 0.25) is 0 Å². The van der Waals surface area contributed by atoms with E-state index >= 15 is 0 Å². The zero-order chi connectivity index (χ0) is 18.4. The van der Waals surface area contributed by atoms with Gasteiger partial charge in [-0.2, -0.15) is 5.26 Å². The molecule has 1 aliphatic rings. The van der Waals surface area contributed by atoms with E-state index in [1.165, 1.54) is 18.7 Å². The molecule has 3 rings (SSSR count). The summed E-state index contributed by atoms with van der Waals surface area (Å²) in [6.45, 7) is 2.26. The molecule has 0 saturated carbocycles. The quantitative estimate of drug-likeness (QED) is 0.642. The minimum atomic E-state index is -0.460. The van der Waals surface area contributed by atoms with Crippen molar-refractivity contribution < 1.29 is 18.4 Å². The van der Waals surface area contributed by atoms with Gasteiger partial charge in [-0.25, -0.2) is 0 Å². The van der Waals surface area contributed by atoms with Crippen LogP contribution in [0.25, 0.3) is 0 Å². The summed E-state index contributed by atoms with van der Waals surface area (Å²) in [6.07, 6.45) is 4.52. The van der Waals surface area contributed by atoms with E-state index in [0.29, 0.717) is 37.7 Å². The van der Waals surface area contributed by atoms with Crippen LogP contribution in [0.15, 0.2) is 57.4 Å². The number of carbonyl (C=O) groups excluding carboxylic acids is 2. The number of rotatable bonds is 5. The summed E-state index contributed by atoms with van der Waals surface area (Å²) in [7, 11) is 0. The highest BCUT2D eigenvalue weighted by Gasteiger charge is 2.23. The van der Waals surface area contributed by atoms with Crippen molar-refractivity contribution in [3.8, 4) is 6.07 Å². The van der Waals surface area contributed by atoms with Crippen molar-refractivity contribution in [3.05, 3.63) is 60.1 Å². The van der Waals surface area contributed by atoms with Crippen LogP contribution in [0.1, 0.15) is 16.3 Å². The Morgan fingerprint density at radius 2 is 1.88 bits per heavy atom. The summed E-state index contributed by atoms with van der Waals surface area (Å²) in [5, 5.41) is 11.9. The normalized spacial score (nSPS) is 14.8. The Morgan fingerprint density at radius 3 is 2.50 bits per heavy atom. The molecule has 8 nitrogen and oxygen atoms in total. The van der Waals surface area contributed by atoms with Crippen molar-refractivity contribution in [2.24, 2.45) is 0 Å². The van der Waals surface area contributed by atoms with Crippen molar-refractivity contribution >= 4 is 11.8 Å². The average Bonchev–Trinajstić information content (AvgIpc) is 3.38. The molecule has 8 heteroatoms. The molecule has 0 radical (unpaired) electrons. The summed E-state index contributed by atoms with van der Waals surface area (Å²) < 4.78 is 10.3. The fraction of sp³-hybridized carbons (Fsp3) is 0.278. The van der Waals surface area contributed by atoms with Crippen LogP contribution >= 0.6 is 0 Å². The molecule has 3 heterocycles. The summed E-state index contributed by atoms with van der Waals surface area (Å²) in [5.74, 6) is 0.304. The molecule has 2 aromatic heterocycles. The predicted molar refractivity (Wildman–Crippen MR) is 90.4 cm³/mol. The van der Waals surface area contributed by atoms with Gasteiger partial charge in [0.15, 0.2) is 5.76 Å². The lowest BCUT2D eigenvalue weighted by molar-refractivity contribution is -0.117. The van der Waals surface area contributed by atoms with Crippen molar-refractivity contribution in [2.45, 2.75) is 6.54 Å². The van der Waals surface area contributed by atoms with E-state index in [4.69, 9.17) is 8.83 Å². The van der Waals surface area contributed by atoms with E-state index in [1.807, 2.05) is 11.0 Å².